The van der Waals surface area contributed by atoms with Crippen molar-refractivity contribution >= 4 is 12.1 Å². The Morgan fingerprint density at radius 3 is 2.20 bits per heavy atom. The van der Waals surface area contributed by atoms with Crippen LogP contribution in [0.15, 0.2) is 54.6 Å². The molecule has 192 valence electrons. The van der Waals surface area contributed by atoms with Crippen LogP contribution in [0.5, 0.6) is 11.5 Å². The summed E-state index contributed by atoms with van der Waals surface area (Å²) in [7, 11) is 0. The summed E-state index contributed by atoms with van der Waals surface area (Å²) in [4.78, 5) is 25.5. The van der Waals surface area contributed by atoms with Crippen molar-refractivity contribution in [3.05, 3.63) is 60.2 Å². The molecule has 0 radical (unpaired) electrons. The number of nitrogens with zero attached hydrogens (tertiary/aromatic N) is 1. The van der Waals surface area contributed by atoms with Crippen molar-refractivity contribution in [3.63, 3.8) is 0 Å². The highest BCUT2D eigenvalue weighted by Gasteiger charge is 2.19. The van der Waals surface area contributed by atoms with Gasteiger partial charge in [-0.15, -0.1) is 0 Å². The Bertz CT molecular complexity index is 873. The van der Waals surface area contributed by atoms with Gasteiger partial charge in [-0.1, -0.05) is 37.3 Å². The smallest absolute Gasteiger partial charge is 0.410 e. The molecule has 2 unspecified atom stereocenters. The minimum Gasteiger partial charge on any atom is -0.494 e. The number of carbonyl (C=O) groups excluding carboxylic acids is 1. The summed E-state index contributed by atoms with van der Waals surface area (Å²) < 4.78 is 22.3. The fourth-order valence-electron chi connectivity index (χ4n) is 3.21. The molecule has 2 aromatic rings. The van der Waals surface area contributed by atoms with E-state index in [1.165, 1.54) is 0 Å². The lowest BCUT2D eigenvalue weighted by Gasteiger charge is -2.24. The number of hydrogen-bond acceptors (Lipinski definition) is 6. The zero-order valence-electron chi connectivity index (χ0n) is 20.9. The highest BCUT2D eigenvalue weighted by Crippen LogP contribution is 2.15. The first-order valence-electron chi connectivity index (χ1n) is 12.1. The Hall–Kier alpha value is -3.26. The molecule has 0 fully saturated rings. The van der Waals surface area contributed by atoms with E-state index in [4.69, 9.17) is 18.9 Å². The molecule has 0 aliphatic carbocycles. The van der Waals surface area contributed by atoms with E-state index in [0.29, 0.717) is 45.1 Å². The predicted molar refractivity (Wildman–Crippen MR) is 133 cm³/mol. The number of hydrogen-bond donors (Lipinski definition) is 1. The highest BCUT2D eigenvalue weighted by atomic mass is 16.6. The third-order valence-corrected chi connectivity index (χ3v) is 5.34. The van der Waals surface area contributed by atoms with E-state index >= 15 is 0 Å². The number of carbonyl (C=O) groups is 2. The zero-order chi connectivity index (χ0) is 25.5. The molecule has 8 nitrogen and oxygen atoms in total. The van der Waals surface area contributed by atoms with E-state index < -0.39 is 12.1 Å². The number of amides is 1. The van der Waals surface area contributed by atoms with Crippen LogP contribution in [-0.2, 0) is 20.7 Å². The predicted octanol–water partition coefficient (Wildman–Crippen LogP) is 4.80. The first-order valence-corrected chi connectivity index (χ1v) is 12.1. The number of para-hydroxylation sites is 1. The van der Waals surface area contributed by atoms with Gasteiger partial charge in [-0.3, -0.25) is 0 Å². The molecular weight excluding hydrogens is 450 g/mol. The fraction of sp³-hybridized carbons (Fsp3) is 0.481. The summed E-state index contributed by atoms with van der Waals surface area (Å²) in [5.74, 6) is 0.453. The van der Waals surface area contributed by atoms with Crippen molar-refractivity contribution in [3.8, 4) is 11.5 Å². The van der Waals surface area contributed by atoms with Crippen LogP contribution in [0.1, 0.15) is 39.2 Å². The lowest BCUT2D eigenvalue weighted by molar-refractivity contribution is -0.149. The van der Waals surface area contributed by atoms with Gasteiger partial charge < -0.3 is 29.0 Å². The molecule has 0 bridgehead atoms. The maximum Gasteiger partial charge on any atom is 0.410 e. The van der Waals surface area contributed by atoms with E-state index in [9.17, 15) is 14.7 Å². The minimum absolute atomic E-state index is 0.162. The van der Waals surface area contributed by atoms with Gasteiger partial charge in [0, 0.05) is 19.6 Å². The van der Waals surface area contributed by atoms with Crippen molar-refractivity contribution in [1.29, 1.82) is 0 Å². The summed E-state index contributed by atoms with van der Waals surface area (Å²) in [5, 5.41) is 9.24. The van der Waals surface area contributed by atoms with Gasteiger partial charge in [0.2, 0.25) is 0 Å². The number of rotatable bonds is 16. The van der Waals surface area contributed by atoms with Gasteiger partial charge in [0.25, 0.3) is 0 Å². The molecule has 2 rings (SSSR count). The molecule has 2 aromatic carbocycles. The summed E-state index contributed by atoms with van der Waals surface area (Å²) in [5.41, 5.74) is 0.843. The maximum absolute atomic E-state index is 12.6. The van der Waals surface area contributed by atoms with E-state index in [1.807, 2.05) is 56.3 Å². The molecule has 8 heteroatoms. The highest BCUT2D eigenvalue weighted by molar-refractivity contribution is 5.72. The lowest BCUT2D eigenvalue weighted by Crippen LogP contribution is -2.37. The van der Waals surface area contributed by atoms with Gasteiger partial charge in [0.1, 0.15) is 24.2 Å². The average molecular weight is 488 g/mol. The molecule has 0 heterocycles. The molecule has 0 spiro atoms. The first kappa shape index (κ1) is 28.0. The van der Waals surface area contributed by atoms with Crippen molar-refractivity contribution in [2.24, 2.45) is 0 Å². The van der Waals surface area contributed by atoms with Crippen LogP contribution in [0.4, 0.5) is 4.79 Å². The number of carboxylic acids is 1. The Labute approximate surface area is 207 Å². The van der Waals surface area contributed by atoms with Crippen molar-refractivity contribution < 1.29 is 33.6 Å². The molecule has 0 aliphatic heterocycles. The number of benzene rings is 2. The summed E-state index contributed by atoms with van der Waals surface area (Å²) in [6, 6.07) is 16.8. The second-order valence-electron chi connectivity index (χ2n) is 8.08. The Morgan fingerprint density at radius 1 is 0.914 bits per heavy atom. The van der Waals surface area contributed by atoms with Gasteiger partial charge in [0.15, 0.2) is 6.10 Å². The van der Waals surface area contributed by atoms with Crippen LogP contribution in [-0.4, -0.2) is 67.2 Å². The molecule has 35 heavy (non-hydrogen) atoms. The van der Waals surface area contributed by atoms with Crippen molar-refractivity contribution in [1.82, 2.24) is 4.90 Å². The summed E-state index contributed by atoms with van der Waals surface area (Å²) in [6.07, 6.45) is 0.278. The van der Waals surface area contributed by atoms with Crippen LogP contribution in [0.25, 0.3) is 0 Å². The fourth-order valence-corrected chi connectivity index (χ4v) is 3.21. The van der Waals surface area contributed by atoms with E-state index in [0.717, 1.165) is 17.7 Å². The van der Waals surface area contributed by atoms with Gasteiger partial charge in [0.05, 0.1) is 13.2 Å². The summed E-state index contributed by atoms with van der Waals surface area (Å²) in [6.45, 7) is 7.58. The maximum atomic E-state index is 12.6. The molecular formula is C27H37NO7. The van der Waals surface area contributed by atoms with Crippen LogP contribution >= 0.6 is 0 Å². The minimum atomic E-state index is -0.981. The van der Waals surface area contributed by atoms with Gasteiger partial charge >= 0.3 is 12.1 Å². The quantitative estimate of drug-likeness (QED) is 0.340. The van der Waals surface area contributed by atoms with Crippen molar-refractivity contribution in [2.75, 3.05) is 32.9 Å². The Morgan fingerprint density at radius 2 is 1.57 bits per heavy atom. The molecule has 1 amide bonds. The topological polar surface area (TPSA) is 94.5 Å². The van der Waals surface area contributed by atoms with Crippen LogP contribution in [0.3, 0.4) is 0 Å². The SMILES string of the molecule is CCOC(Cc1ccc(OCCN(CCCOc2ccccc2)C(=O)OC(C)CC)cc1)C(=O)O. The van der Waals surface area contributed by atoms with Crippen LogP contribution in [0.2, 0.25) is 0 Å². The zero-order valence-corrected chi connectivity index (χ0v) is 20.9. The largest absolute Gasteiger partial charge is 0.494 e. The second kappa shape index (κ2) is 15.6. The van der Waals surface area contributed by atoms with E-state index in [-0.39, 0.29) is 18.6 Å². The average Bonchev–Trinajstić information content (AvgIpc) is 2.86. The normalized spacial score (nSPS) is 12.4. The van der Waals surface area contributed by atoms with E-state index in [2.05, 4.69) is 0 Å². The number of ether oxygens (including phenoxy) is 4. The molecule has 1 N–H and O–H groups in total. The molecule has 0 saturated heterocycles. The van der Waals surface area contributed by atoms with Crippen molar-refractivity contribution in [2.45, 2.75) is 52.2 Å². The van der Waals surface area contributed by atoms with Crippen LogP contribution < -0.4 is 9.47 Å². The first-order chi connectivity index (χ1) is 16.9. The molecule has 0 aromatic heterocycles. The van der Waals surface area contributed by atoms with Gasteiger partial charge in [-0.25, -0.2) is 9.59 Å². The number of aliphatic carboxylic acids is 1. The van der Waals surface area contributed by atoms with Gasteiger partial charge in [-0.2, -0.15) is 0 Å². The Kier molecular flexibility index (Phi) is 12.5. The summed E-state index contributed by atoms with van der Waals surface area (Å²) >= 11 is 0. The monoisotopic (exact) mass is 487 g/mol. The van der Waals surface area contributed by atoms with Gasteiger partial charge in [-0.05, 0) is 56.5 Å². The molecule has 2 atom stereocenters. The van der Waals surface area contributed by atoms with E-state index in [1.54, 1.807) is 24.0 Å². The van der Waals surface area contributed by atoms with Crippen LogP contribution in [0, 0.1) is 0 Å². The second-order valence-corrected chi connectivity index (χ2v) is 8.08. The lowest BCUT2D eigenvalue weighted by atomic mass is 10.1. The Balaban J connectivity index is 1.84. The third-order valence-electron chi connectivity index (χ3n) is 5.34. The molecule has 0 aliphatic rings. The molecule has 0 saturated carbocycles. The third kappa shape index (κ3) is 10.7. The number of carboxylic acid groups (broad SMARTS) is 1. The standard InChI is InChI=1S/C27H37NO7/c1-4-21(3)35-27(31)28(16-9-18-33-23-10-7-6-8-11-23)17-19-34-24-14-12-22(13-15-24)20-25(26(29)30)32-5-2/h6-8,10-15,21,25H,4-5,9,16-20H2,1-3H3,(H,29,30).